The van der Waals surface area contributed by atoms with Gasteiger partial charge in [-0.25, -0.2) is 0 Å². The van der Waals surface area contributed by atoms with Crippen LogP contribution in [0.3, 0.4) is 0 Å². The number of hydrogen-bond acceptors (Lipinski definition) is 1. The molecule has 1 aliphatic rings. The molecule has 0 saturated heterocycles. The van der Waals surface area contributed by atoms with Gasteiger partial charge in [-0.2, -0.15) is 0 Å². The fraction of sp³-hybridized carbons (Fsp3) is 0.100. The number of benzene rings is 1. The second-order valence-electron chi connectivity index (χ2n) is 2.59. The Morgan fingerprint density at radius 3 is 2.58 bits per heavy atom. The Hall–Kier alpha value is -0.851. The van der Waals surface area contributed by atoms with Crippen LogP contribution in [0.25, 0.3) is 4.47 Å². The van der Waals surface area contributed by atoms with Crippen LogP contribution < -0.4 is 0 Å². The van der Waals surface area contributed by atoms with Gasteiger partial charge in [-0.1, -0.05) is 0 Å². The number of hydrogen-bond donors (Lipinski definition) is 0. The minimum atomic E-state index is 0.0262. The number of fused-ring (bicyclic) bond motifs is 1. The van der Waals surface area contributed by atoms with Gasteiger partial charge in [0.25, 0.3) is 0 Å². The van der Waals surface area contributed by atoms with E-state index < -0.39 is 0 Å². The molecule has 0 aromatic heterocycles. The number of rotatable bonds is 0. The summed E-state index contributed by atoms with van der Waals surface area (Å²) in [5.74, 6) is 0. The van der Waals surface area contributed by atoms with E-state index in [0.29, 0.717) is 4.68 Å². The van der Waals surface area contributed by atoms with Gasteiger partial charge in [0.05, 0.1) is 0 Å². The molecule has 0 unspecified atom stereocenters. The van der Waals surface area contributed by atoms with Gasteiger partial charge < -0.3 is 0 Å². The van der Waals surface area contributed by atoms with Gasteiger partial charge >= 0.3 is 77.3 Å². The third-order valence-electron chi connectivity index (χ3n) is 1.88. The van der Waals surface area contributed by atoms with Crippen molar-refractivity contribution < 1.29 is 4.79 Å². The van der Waals surface area contributed by atoms with Gasteiger partial charge in [0.15, 0.2) is 0 Å². The number of carbonyl (C=O) groups is 1. The first-order valence-electron chi connectivity index (χ1n) is 3.81. The summed E-state index contributed by atoms with van der Waals surface area (Å²) in [6.07, 6.45) is 2.05. The molecule has 0 aliphatic carbocycles. The molecule has 2 heteroatoms. The molecular formula is C10H8OSe. The molecule has 0 atom stereocenters. The van der Waals surface area contributed by atoms with Crippen LogP contribution in [0, 0.1) is 0 Å². The van der Waals surface area contributed by atoms with E-state index in [0.717, 1.165) is 11.1 Å². The van der Waals surface area contributed by atoms with E-state index in [-0.39, 0.29) is 15.0 Å². The molecular weight excluding hydrogens is 215 g/mol. The van der Waals surface area contributed by atoms with E-state index in [1.54, 1.807) is 0 Å². The summed E-state index contributed by atoms with van der Waals surface area (Å²) in [7, 11) is 0. The van der Waals surface area contributed by atoms with Crippen molar-refractivity contribution in [2.24, 2.45) is 0 Å². The fourth-order valence-corrected chi connectivity index (χ4v) is 3.17. The van der Waals surface area contributed by atoms with Crippen LogP contribution >= 0.6 is 0 Å². The average Bonchev–Trinajstić information content (AvgIpc) is 2.44. The third-order valence-corrected chi connectivity index (χ3v) is 4.14. The van der Waals surface area contributed by atoms with Crippen LogP contribution in [0.2, 0.25) is 0 Å². The molecule has 0 spiro atoms. The van der Waals surface area contributed by atoms with Crippen molar-refractivity contribution in [1.82, 2.24) is 0 Å². The summed E-state index contributed by atoms with van der Waals surface area (Å²) in [4.78, 5) is 11.4. The Morgan fingerprint density at radius 1 is 1.25 bits per heavy atom. The summed E-state index contributed by atoms with van der Waals surface area (Å²) in [5, 5.41) is 0. The molecule has 1 aliphatic heterocycles. The van der Waals surface area contributed by atoms with Crippen LogP contribution in [0.15, 0.2) is 30.3 Å². The Labute approximate surface area is 77.6 Å². The SMILES string of the molecule is C/C=C1/[Se]C(=O)c2ccccc21. The molecule has 1 heterocycles. The predicted octanol–water partition coefficient (Wildman–Crippen LogP) is 1.91. The van der Waals surface area contributed by atoms with E-state index in [1.165, 1.54) is 4.47 Å². The molecule has 12 heavy (non-hydrogen) atoms. The van der Waals surface area contributed by atoms with Gasteiger partial charge in [-0.05, 0) is 0 Å². The van der Waals surface area contributed by atoms with E-state index >= 15 is 0 Å². The Morgan fingerprint density at radius 2 is 1.92 bits per heavy atom. The first-order chi connectivity index (χ1) is 5.83. The maximum atomic E-state index is 11.4. The Balaban J connectivity index is 2.65. The normalized spacial score (nSPS) is 18.4. The van der Waals surface area contributed by atoms with Gasteiger partial charge in [-0.3, -0.25) is 0 Å². The van der Waals surface area contributed by atoms with Crippen LogP contribution in [-0.2, 0) is 0 Å². The zero-order chi connectivity index (χ0) is 8.55. The van der Waals surface area contributed by atoms with Crippen molar-refractivity contribution in [1.29, 1.82) is 0 Å². The van der Waals surface area contributed by atoms with Crippen molar-refractivity contribution in [3.63, 3.8) is 0 Å². The molecule has 0 amide bonds. The van der Waals surface area contributed by atoms with Crippen LogP contribution in [0.4, 0.5) is 0 Å². The predicted molar refractivity (Wildman–Crippen MR) is 50.2 cm³/mol. The third kappa shape index (κ3) is 1.04. The minimum absolute atomic E-state index is 0.0262. The molecule has 60 valence electrons. The van der Waals surface area contributed by atoms with E-state index in [9.17, 15) is 4.79 Å². The number of allylic oxidation sites excluding steroid dienone is 1. The Kier molecular flexibility index (Phi) is 1.87. The Bertz CT molecular complexity index is 366. The van der Waals surface area contributed by atoms with E-state index in [1.807, 2.05) is 37.3 Å². The first kappa shape index (κ1) is 7.78. The second kappa shape index (κ2) is 2.89. The molecule has 1 aromatic rings. The summed E-state index contributed by atoms with van der Waals surface area (Å²) in [6.45, 7) is 1.99. The molecule has 0 fully saturated rings. The first-order valence-corrected chi connectivity index (χ1v) is 5.52. The zero-order valence-corrected chi connectivity index (χ0v) is 8.42. The maximum absolute atomic E-state index is 11.4. The molecule has 0 N–H and O–H groups in total. The van der Waals surface area contributed by atoms with Gasteiger partial charge in [0, 0.05) is 0 Å². The average molecular weight is 223 g/mol. The quantitative estimate of drug-likeness (QED) is 0.614. The van der Waals surface area contributed by atoms with Crippen molar-refractivity contribution in [3.8, 4) is 0 Å². The summed E-state index contributed by atoms with van der Waals surface area (Å²) < 4.78 is 1.54. The molecule has 0 radical (unpaired) electrons. The van der Waals surface area contributed by atoms with Crippen LogP contribution in [-0.4, -0.2) is 19.6 Å². The van der Waals surface area contributed by atoms with Gasteiger partial charge in [0.2, 0.25) is 0 Å². The van der Waals surface area contributed by atoms with Crippen molar-refractivity contribution in [2.45, 2.75) is 6.92 Å². The molecule has 1 nitrogen and oxygen atoms in total. The van der Waals surface area contributed by atoms with Gasteiger partial charge in [0.1, 0.15) is 0 Å². The monoisotopic (exact) mass is 224 g/mol. The molecule has 0 saturated carbocycles. The molecule has 0 bridgehead atoms. The summed E-state index contributed by atoms with van der Waals surface area (Å²) in [6, 6.07) is 7.84. The fourth-order valence-electron chi connectivity index (χ4n) is 1.30. The van der Waals surface area contributed by atoms with Crippen LogP contribution in [0.1, 0.15) is 22.8 Å². The topological polar surface area (TPSA) is 17.1 Å². The summed E-state index contributed by atoms with van der Waals surface area (Å²) >= 11 is 0.0262. The van der Waals surface area contributed by atoms with Gasteiger partial charge in [-0.15, -0.1) is 0 Å². The molecule has 2 rings (SSSR count). The van der Waals surface area contributed by atoms with Crippen molar-refractivity contribution in [3.05, 3.63) is 41.5 Å². The van der Waals surface area contributed by atoms with Crippen molar-refractivity contribution in [2.75, 3.05) is 0 Å². The standard InChI is InChI=1S/C10H8OSe/c1-2-9-7-5-3-4-6-8(7)10(11)12-9/h2-6H,1H3/b9-2+. The van der Waals surface area contributed by atoms with Crippen LogP contribution in [0.5, 0.6) is 0 Å². The second-order valence-corrected chi connectivity index (χ2v) is 4.72. The summed E-state index contributed by atoms with van der Waals surface area (Å²) in [5.41, 5.74) is 2.05. The zero-order valence-electron chi connectivity index (χ0n) is 6.70. The molecule has 1 aromatic carbocycles. The number of carbonyl (C=O) groups excluding carboxylic acids is 1. The van der Waals surface area contributed by atoms with E-state index in [4.69, 9.17) is 0 Å². The van der Waals surface area contributed by atoms with Crippen molar-refractivity contribution >= 4 is 24.1 Å². The van der Waals surface area contributed by atoms with E-state index in [2.05, 4.69) is 0 Å².